The number of carbonyl (C=O) groups is 1. The van der Waals surface area contributed by atoms with Crippen LogP contribution in [-0.4, -0.2) is 10.9 Å². The maximum atomic E-state index is 12.3. The number of carbonyl (C=O) groups excluding carboxylic acids is 1. The second kappa shape index (κ2) is 4.94. The van der Waals surface area contributed by atoms with E-state index in [1.807, 2.05) is 26.0 Å². The zero-order chi connectivity index (χ0) is 13.3. The molecule has 0 radical (unpaired) electrons. The lowest BCUT2D eigenvalue weighted by molar-refractivity contribution is 0.103. The van der Waals surface area contributed by atoms with Crippen LogP contribution in [0.5, 0.6) is 5.75 Å². The van der Waals surface area contributed by atoms with Crippen molar-refractivity contribution >= 4 is 21.7 Å². The quantitative estimate of drug-likeness (QED) is 0.851. The molecular weight excluding hydrogens is 292 g/mol. The zero-order valence-corrected chi connectivity index (χ0v) is 11.8. The van der Waals surface area contributed by atoms with Crippen LogP contribution < -0.4 is 0 Å². The molecule has 0 bridgehead atoms. The SMILES string of the molecule is Cc1ccc(C(=O)c2cc(Br)c(C)cc2O)cc1. The van der Waals surface area contributed by atoms with Crippen LogP contribution >= 0.6 is 15.9 Å². The Labute approximate surface area is 114 Å². The molecular formula is C15H13BrO2. The normalized spacial score (nSPS) is 10.4. The van der Waals surface area contributed by atoms with Gasteiger partial charge in [0, 0.05) is 10.0 Å². The fourth-order valence-electron chi connectivity index (χ4n) is 1.71. The van der Waals surface area contributed by atoms with Crippen molar-refractivity contribution in [2.24, 2.45) is 0 Å². The molecule has 92 valence electrons. The Morgan fingerprint density at radius 3 is 2.33 bits per heavy atom. The molecule has 0 spiro atoms. The van der Waals surface area contributed by atoms with Gasteiger partial charge in [0.15, 0.2) is 5.78 Å². The van der Waals surface area contributed by atoms with Crippen LogP contribution in [0.2, 0.25) is 0 Å². The summed E-state index contributed by atoms with van der Waals surface area (Å²) in [5, 5.41) is 9.86. The summed E-state index contributed by atoms with van der Waals surface area (Å²) in [7, 11) is 0. The summed E-state index contributed by atoms with van der Waals surface area (Å²) in [4.78, 5) is 12.3. The molecule has 2 rings (SSSR count). The molecule has 0 aromatic heterocycles. The number of phenolic OH excluding ortho intramolecular Hbond substituents is 1. The van der Waals surface area contributed by atoms with E-state index in [9.17, 15) is 9.90 Å². The monoisotopic (exact) mass is 304 g/mol. The number of phenols is 1. The van der Waals surface area contributed by atoms with Crippen molar-refractivity contribution in [2.45, 2.75) is 13.8 Å². The fraction of sp³-hybridized carbons (Fsp3) is 0.133. The van der Waals surface area contributed by atoms with E-state index in [2.05, 4.69) is 15.9 Å². The largest absolute Gasteiger partial charge is 0.507 e. The van der Waals surface area contributed by atoms with Gasteiger partial charge in [0.25, 0.3) is 0 Å². The number of hydrogen-bond acceptors (Lipinski definition) is 2. The number of aromatic hydroxyl groups is 1. The van der Waals surface area contributed by atoms with E-state index in [0.717, 1.165) is 15.6 Å². The first kappa shape index (κ1) is 12.8. The van der Waals surface area contributed by atoms with Gasteiger partial charge in [0.2, 0.25) is 0 Å². The number of hydrogen-bond donors (Lipinski definition) is 1. The topological polar surface area (TPSA) is 37.3 Å². The van der Waals surface area contributed by atoms with Gasteiger partial charge in [-0.2, -0.15) is 0 Å². The molecule has 0 aliphatic heterocycles. The molecule has 0 saturated heterocycles. The van der Waals surface area contributed by atoms with Crippen molar-refractivity contribution < 1.29 is 9.90 Å². The van der Waals surface area contributed by atoms with E-state index in [1.165, 1.54) is 0 Å². The first-order valence-corrected chi connectivity index (χ1v) is 6.39. The Hall–Kier alpha value is -1.61. The highest BCUT2D eigenvalue weighted by Gasteiger charge is 2.15. The Balaban J connectivity index is 2.46. The van der Waals surface area contributed by atoms with Crippen molar-refractivity contribution in [1.82, 2.24) is 0 Å². The summed E-state index contributed by atoms with van der Waals surface area (Å²) in [6, 6.07) is 10.6. The van der Waals surface area contributed by atoms with E-state index >= 15 is 0 Å². The Morgan fingerprint density at radius 2 is 1.72 bits per heavy atom. The van der Waals surface area contributed by atoms with Crippen LogP contribution in [0.3, 0.4) is 0 Å². The lowest BCUT2D eigenvalue weighted by Gasteiger charge is -2.07. The van der Waals surface area contributed by atoms with Gasteiger partial charge in [-0.3, -0.25) is 4.79 Å². The second-order valence-electron chi connectivity index (χ2n) is 4.31. The third-order valence-electron chi connectivity index (χ3n) is 2.84. The highest BCUT2D eigenvalue weighted by atomic mass is 79.9. The Kier molecular flexibility index (Phi) is 3.53. The molecule has 0 aliphatic rings. The van der Waals surface area contributed by atoms with Crippen molar-refractivity contribution in [2.75, 3.05) is 0 Å². The highest BCUT2D eigenvalue weighted by Crippen LogP contribution is 2.27. The lowest BCUT2D eigenvalue weighted by Crippen LogP contribution is -2.02. The Morgan fingerprint density at radius 1 is 1.11 bits per heavy atom. The maximum Gasteiger partial charge on any atom is 0.196 e. The van der Waals surface area contributed by atoms with E-state index in [0.29, 0.717) is 11.1 Å². The summed E-state index contributed by atoms with van der Waals surface area (Å²) >= 11 is 3.37. The molecule has 2 nitrogen and oxygen atoms in total. The molecule has 0 amide bonds. The molecule has 0 unspecified atom stereocenters. The van der Waals surface area contributed by atoms with Crippen LogP contribution in [0.25, 0.3) is 0 Å². The maximum absolute atomic E-state index is 12.3. The predicted molar refractivity (Wildman–Crippen MR) is 75.2 cm³/mol. The van der Waals surface area contributed by atoms with Gasteiger partial charge in [-0.1, -0.05) is 45.8 Å². The second-order valence-corrected chi connectivity index (χ2v) is 5.17. The van der Waals surface area contributed by atoms with Crippen molar-refractivity contribution in [3.05, 3.63) is 63.1 Å². The number of halogens is 1. The van der Waals surface area contributed by atoms with E-state index in [1.54, 1.807) is 24.3 Å². The third-order valence-corrected chi connectivity index (χ3v) is 3.69. The standard InChI is InChI=1S/C15H13BrO2/c1-9-3-5-11(6-4-9)15(18)12-8-13(16)10(2)7-14(12)17/h3-8,17H,1-2H3. The van der Waals surface area contributed by atoms with Gasteiger partial charge >= 0.3 is 0 Å². The minimum Gasteiger partial charge on any atom is -0.507 e. The number of ketones is 1. The van der Waals surface area contributed by atoms with Crippen LogP contribution in [0.4, 0.5) is 0 Å². The van der Waals surface area contributed by atoms with Gasteiger partial charge in [0.05, 0.1) is 5.56 Å². The van der Waals surface area contributed by atoms with E-state index in [-0.39, 0.29) is 11.5 Å². The molecule has 2 aromatic rings. The van der Waals surface area contributed by atoms with Crippen molar-refractivity contribution in [1.29, 1.82) is 0 Å². The Bertz CT molecular complexity index is 601. The minimum absolute atomic E-state index is 0.0151. The van der Waals surface area contributed by atoms with Crippen molar-refractivity contribution in [3.8, 4) is 5.75 Å². The first-order chi connectivity index (χ1) is 8.49. The summed E-state index contributed by atoms with van der Waals surface area (Å²) in [5.74, 6) is -0.158. The number of benzene rings is 2. The molecule has 0 aliphatic carbocycles. The first-order valence-electron chi connectivity index (χ1n) is 5.59. The van der Waals surface area contributed by atoms with Gasteiger partial charge in [0.1, 0.15) is 5.75 Å². The summed E-state index contributed by atoms with van der Waals surface area (Å²) < 4.78 is 0.816. The molecule has 0 saturated carbocycles. The number of rotatable bonds is 2. The molecule has 2 aromatic carbocycles. The predicted octanol–water partition coefficient (Wildman–Crippen LogP) is 4.00. The van der Waals surface area contributed by atoms with Crippen LogP contribution in [0.1, 0.15) is 27.0 Å². The van der Waals surface area contributed by atoms with E-state index < -0.39 is 0 Å². The van der Waals surface area contributed by atoms with E-state index in [4.69, 9.17) is 0 Å². The summed E-state index contributed by atoms with van der Waals surface area (Å²) in [6.45, 7) is 3.83. The average Bonchev–Trinajstić information content (AvgIpc) is 2.34. The number of aryl methyl sites for hydroxylation is 2. The summed E-state index contributed by atoms with van der Waals surface area (Å²) in [6.07, 6.45) is 0. The lowest BCUT2D eigenvalue weighted by atomic mass is 10.0. The average molecular weight is 305 g/mol. The van der Waals surface area contributed by atoms with Gasteiger partial charge in [-0.25, -0.2) is 0 Å². The van der Waals surface area contributed by atoms with Crippen LogP contribution in [0.15, 0.2) is 40.9 Å². The fourth-order valence-corrected chi connectivity index (χ4v) is 2.05. The molecule has 3 heteroatoms. The van der Waals surface area contributed by atoms with Crippen LogP contribution in [-0.2, 0) is 0 Å². The smallest absolute Gasteiger partial charge is 0.196 e. The van der Waals surface area contributed by atoms with Crippen molar-refractivity contribution in [3.63, 3.8) is 0 Å². The van der Waals surface area contributed by atoms with Crippen LogP contribution in [0, 0.1) is 13.8 Å². The molecule has 1 N–H and O–H groups in total. The molecule has 0 fully saturated rings. The molecule has 0 atom stereocenters. The minimum atomic E-state index is -0.173. The zero-order valence-electron chi connectivity index (χ0n) is 10.2. The summed E-state index contributed by atoms with van der Waals surface area (Å²) in [5.41, 5.74) is 2.89. The van der Waals surface area contributed by atoms with Gasteiger partial charge in [-0.05, 0) is 31.5 Å². The molecule has 18 heavy (non-hydrogen) atoms. The van der Waals surface area contributed by atoms with Gasteiger partial charge < -0.3 is 5.11 Å². The van der Waals surface area contributed by atoms with Gasteiger partial charge in [-0.15, -0.1) is 0 Å². The third kappa shape index (κ3) is 2.46. The highest BCUT2D eigenvalue weighted by molar-refractivity contribution is 9.10. The molecule has 0 heterocycles.